The van der Waals surface area contributed by atoms with Gasteiger partial charge in [0.05, 0.1) is 48.9 Å². The van der Waals surface area contributed by atoms with Crippen molar-refractivity contribution < 1.29 is 42.8 Å². The van der Waals surface area contributed by atoms with Crippen LogP contribution < -0.4 is 14.2 Å². The third kappa shape index (κ3) is 14.9. The van der Waals surface area contributed by atoms with E-state index in [-0.39, 0.29) is 23.7 Å². The van der Waals surface area contributed by atoms with E-state index in [4.69, 9.17) is 28.4 Å². The second-order valence-electron chi connectivity index (χ2n) is 13.7. The van der Waals surface area contributed by atoms with Gasteiger partial charge in [0.15, 0.2) is 0 Å². The summed E-state index contributed by atoms with van der Waals surface area (Å²) in [5, 5.41) is 8.62. The van der Waals surface area contributed by atoms with E-state index in [9.17, 15) is 14.4 Å². The second-order valence-corrected chi connectivity index (χ2v) is 13.7. The van der Waals surface area contributed by atoms with Crippen LogP contribution in [0.1, 0.15) is 78.8 Å². The highest BCUT2D eigenvalue weighted by Gasteiger charge is 2.15. The molecule has 0 spiro atoms. The minimum atomic E-state index is -0.554. The van der Waals surface area contributed by atoms with Crippen molar-refractivity contribution in [3.8, 4) is 17.2 Å². The van der Waals surface area contributed by atoms with E-state index in [0.717, 1.165) is 30.5 Å². The SMILES string of the molecule is CCCc1ccc(/N=N/c2ccc(OC(=O)c3ccc(OC(=O)c4ccc(OCCOCCOCCOC(=O)CCC(C)(C)C)cc4)cc3)c(C)c2)cc1. The van der Waals surface area contributed by atoms with Crippen molar-refractivity contribution in [1.82, 2.24) is 0 Å². The summed E-state index contributed by atoms with van der Waals surface area (Å²) in [5.74, 6) is -0.0550. The summed E-state index contributed by atoms with van der Waals surface area (Å²) in [7, 11) is 0. The second kappa shape index (κ2) is 21.3. The van der Waals surface area contributed by atoms with Crippen molar-refractivity contribution in [2.45, 2.75) is 60.3 Å². The van der Waals surface area contributed by atoms with E-state index in [1.54, 1.807) is 42.5 Å². The average molecular weight is 739 g/mol. The van der Waals surface area contributed by atoms with Crippen molar-refractivity contribution in [3.05, 3.63) is 113 Å². The molecular weight excluding hydrogens is 688 g/mol. The van der Waals surface area contributed by atoms with Crippen LogP contribution in [0.2, 0.25) is 0 Å². The van der Waals surface area contributed by atoms with Crippen LogP contribution in [-0.2, 0) is 25.4 Å². The molecule has 0 aliphatic carbocycles. The standard InChI is InChI=1S/C43H50N2O9/c1-6-7-32-8-14-35(15-9-32)44-45-36-16-21-39(31(2)30-36)54-42(48)34-12-19-38(20-13-34)53-41(47)33-10-17-37(18-11-33)51-28-26-49-24-25-50-27-29-52-40(46)22-23-43(3,4)5/h8-21,30H,6-7,22-29H2,1-5H3/b45-44+. The summed E-state index contributed by atoms with van der Waals surface area (Å²) in [5.41, 5.74) is 4.13. The van der Waals surface area contributed by atoms with Gasteiger partial charge in [0.25, 0.3) is 0 Å². The lowest BCUT2D eigenvalue weighted by molar-refractivity contribution is -0.146. The van der Waals surface area contributed by atoms with Crippen LogP contribution in [0.3, 0.4) is 0 Å². The first kappa shape index (κ1) is 41.4. The summed E-state index contributed by atoms with van der Waals surface area (Å²) >= 11 is 0. The lowest BCUT2D eigenvalue weighted by Gasteiger charge is -2.16. The molecule has 11 nitrogen and oxygen atoms in total. The average Bonchev–Trinajstić information content (AvgIpc) is 3.15. The number of nitrogens with zero attached hydrogens (tertiary/aromatic N) is 2. The number of aryl methyl sites for hydroxylation is 2. The number of carbonyl (C=O) groups is 3. The minimum absolute atomic E-state index is 0.0969. The fourth-order valence-electron chi connectivity index (χ4n) is 4.92. The predicted molar refractivity (Wildman–Crippen MR) is 205 cm³/mol. The van der Waals surface area contributed by atoms with E-state index in [1.807, 2.05) is 19.1 Å². The van der Waals surface area contributed by atoms with Crippen molar-refractivity contribution in [1.29, 1.82) is 0 Å². The van der Waals surface area contributed by atoms with Gasteiger partial charge in [0, 0.05) is 6.42 Å². The molecule has 0 aromatic heterocycles. The van der Waals surface area contributed by atoms with Crippen molar-refractivity contribution in [3.63, 3.8) is 0 Å². The maximum atomic E-state index is 12.8. The molecular formula is C43H50N2O9. The highest BCUT2D eigenvalue weighted by Crippen LogP contribution is 2.27. The number of rotatable bonds is 20. The van der Waals surface area contributed by atoms with E-state index in [2.05, 4.69) is 50.1 Å². The Balaban J connectivity index is 1.12. The van der Waals surface area contributed by atoms with Gasteiger partial charge in [-0.1, -0.05) is 46.2 Å². The van der Waals surface area contributed by atoms with E-state index in [1.165, 1.54) is 29.8 Å². The number of benzene rings is 4. The number of hydrogen-bond acceptors (Lipinski definition) is 11. The van der Waals surface area contributed by atoms with E-state index in [0.29, 0.717) is 67.8 Å². The van der Waals surface area contributed by atoms with Gasteiger partial charge in [-0.2, -0.15) is 10.2 Å². The predicted octanol–water partition coefficient (Wildman–Crippen LogP) is 9.58. The molecule has 0 bridgehead atoms. The molecule has 0 unspecified atom stereocenters. The molecule has 0 saturated carbocycles. The number of esters is 3. The largest absolute Gasteiger partial charge is 0.491 e. The van der Waals surface area contributed by atoms with Gasteiger partial charge in [0.1, 0.15) is 30.5 Å². The monoisotopic (exact) mass is 738 g/mol. The molecule has 0 atom stereocenters. The smallest absolute Gasteiger partial charge is 0.343 e. The number of ether oxygens (including phenoxy) is 6. The summed E-state index contributed by atoms with van der Waals surface area (Å²) in [4.78, 5) is 37.3. The molecule has 0 aliphatic heterocycles. The van der Waals surface area contributed by atoms with Crippen LogP contribution in [0.5, 0.6) is 17.2 Å². The first-order valence-electron chi connectivity index (χ1n) is 18.2. The van der Waals surface area contributed by atoms with Gasteiger partial charge < -0.3 is 28.4 Å². The normalized spacial score (nSPS) is 11.4. The van der Waals surface area contributed by atoms with Crippen LogP contribution >= 0.6 is 0 Å². The Kier molecular flexibility index (Phi) is 16.4. The maximum Gasteiger partial charge on any atom is 0.343 e. The first-order valence-corrected chi connectivity index (χ1v) is 18.2. The first-order chi connectivity index (χ1) is 26.0. The van der Waals surface area contributed by atoms with Gasteiger partial charge >= 0.3 is 17.9 Å². The fraction of sp³-hybridized carbons (Fsp3) is 0.372. The molecule has 0 fully saturated rings. The van der Waals surface area contributed by atoms with Crippen molar-refractivity contribution >= 4 is 29.3 Å². The number of azo groups is 1. The summed E-state index contributed by atoms with van der Waals surface area (Å²) in [6.45, 7) is 12.2. The van der Waals surface area contributed by atoms with Crippen LogP contribution in [-0.4, -0.2) is 57.5 Å². The highest BCUT2D eigenvalue weighted by molar-refractivity contribution is 5.93. The molecule has 0 amide bonds. The van der Waals surface area contributed by atoms with Crippen LogP contribution in [0.15, 0.2) is 101 Å². The molecule has 0 radical (unpaired) electrons. The summed E-state index contributed by atoms with van der Waals surface area (Å²) in [6.07, 6.45) is 3.30. The molecule has 0 aliphatic rings. The molecule has 0 saturated heterocycles. The van der Waals surface area contributed by atoms with Crippen molar-refractivity contribution in [2.24, 2.45) is 15.6 Å². The van der Waals surface area contributed by atoms with Gasteiger partial charge in [-0.25, -0.2) is 9.59 Å². The Hall–Kier alpha value is -5.39. The number of hydrogen-bond donors (Lipinski definition) is 0. The zero-order chi connectivity index (χ0) is 38.8. The molecule has 286 valence electrons. The van der Waals surface area contributed by atoms with Gasteiger partial charge in [-0.3, -0.25) is 4.79 Å². The zero-order valence-electron chi connectivity index (χ0n) is 31.8. The Bertz CT molecular complexity index is 1810. The Labute approximate surface area is 317 Å². The van der Waals surface area contributed by atoms with E-state index >= 15 is 0 Å². The topological polar surface area (TPSA) is 131 Å². The minimum Gasteiger partial charge on any atom is -0.491 e. The van der Waals surface area contributed by atoms with Crippen LogP contribution in [0.4, 0.5) is 11.4 Å². The Morgan fingerprint density at radius 2 is 1.19 bits per heavy atom. The highest BCUT2D eigenvalue weighted by atomic mass is 16.6. The fourth-order valence-corrected chi connectivity index (χ4v) is 4.92. The van der Waals surface area contributed by atoms with Crippen LogP contribution in [0.25, 0.3) is 0 Å². The molecule has 11 heteroatoms. The van der Waals surface area contributed by atoms with Crippen molar-refractivity contribution in [2.75, 3.05) is 39.6 Å². The maximum absolute atomic E-state index is 12.8. The molecule has 0 N–H and O–H groups in total. The third-order valence-corrected chi connectivity index (χ3v) is 7.95. The van der Waals surface area contributed by atoms with Gasteiger partial charge in [-0.05, 0) is 115 Å². The summed E-state index contributed by atoms with van der Waals surface area (Å²) < 4.78 is 32.9. The van der Waals surface area contributed by atoms with Gasteiger partial charge in [-0.15, -0.1) is 0 Å². The van der Waals surface area contributed by atoms with E-state index < -0.39 is 11.9 Å². The molecule has 0 heterocycles. The molecule has 4 aromatic carbocycles. The van der Waals surface area contributed by atoms with Gasteiger partial charge in [0.2, 0.25) is 0 Å². The third-order valence-electron chi connectivity index (χ3n) is 7.95. The molecule has 4 aromatic rings. The Morgan fingerprint density at radius 3 is 1.80 bits per heavy atom. The van der Waals surface area contributed by atoms with Crippen LogP contribution in [0, 0.1) is 12.3 Å². The Morgan fingerprint density at radius 1 is 0.630 bits per heavy atom. The number of carbonyl (C=O) groups excluding carboxylic acids is 3. The zero-order valence-corrected chi connectivity index (χ0v) is 31.8. The quantitative estimate of drug-likeness (QED) is 0.0376. The summed E-state index contributed by atoms with van der Waals surface area (Å²) in [6, 6.07) is 25.9. The molecule has 4 rings (SSSR count). The lowest BCUT2D eigenvalue weighted by Crippen LogP contribution is -2.15. The molecule has 54 heavy (non-hydrogen) atoms. The lowest BCUT2D eigenvalue weighted by atomic mass is 9.91.